The number of amides is 1. The summed E-state index contributed by atoms with van der Waals surface area (Å²) in [6.45, 7) is 4.42. The fraction of sp³-hybridized carbons (Fsp3) is 0.429. The summed E-state index contributed by atoms with van der Waals surface area (Å²) in [6, 6.07) is 7.28. The number of aromatic nitrogens is 2. The molecule has 0 aliphatic heterocycles. The number of aromatic amines is 1. The summed E-state index contributed by atoms with van der Waals surface area (Å²) in [6.07, 6.45) is 0. The standard InChI is InChI=1S/C14H20N4O2.ClH/c1-9(10(2)15)13(19)16-7-8-18-12-6-4-3-5-11(12)17-14(18)20;/h3-6,9-10H,7-8,15H2,1-2H3,(H,16,19)(H,17,20);1H. The first-order valence-corrected chi connectivity index (χ1v) is 6.71. The molecule has 2 atom stereocenters. The lowest BCUT2D eigenvalue weighted by Gasteiger charge is -2.15. The molecule has 0 spiro atoms. The lowest BCUT2D eigenvalue weighted by Crippen LogP contribution is -2.40. The molecule has 1 aromatic heterocycles. The normalized spacial score (nSPS) is 13.5. The van der Waals surface area contributed by atoms with E-state index in [1.54, 1.807) is 18.4 Å². The minimum Gasteiger partial charge on any atom is -0.354 e. The highest BCUT2D eigenvalue weighted by Crippen LogP contribution is 2.08. The Labute approximate surface area is 129 Å². The van der Waals surface area contributed by atoms with E-state index in [4.69, 9.17) is 5.73 Å². The fourth-order valence-electron chi connectivity index (χ4n) is 2.02. The maximum Gasteiger partial charge on any atom is 0.326 e. The molecule has 1 amide bonds. The van der Waals surface area contributed by atoms with Crippen LogP contribution >= 0.6 is 12.4 Å². The van der Waals surface area contributed by atoms with Gasteiger partial charge in [-0.1, -0.05) is 19.1 Å². The molecule has 7 heteroatoms. The topological polar surface area (TPSA) is 92.9 Å². The molecule has 0 radical (unpaired) electrons. The lowest BCUT2D eigenvalue weighted by molar-refractivity contribution is -0.124. The van der Waals surface area contributed by atoms with E-state index in [0.717, 1.165) is 11.0 Å². The maximum atomic E-state index is 11.8. The lowest BCUT2D eigenvalue weighted by atomic mass is 10.0. The minimum atomic E-state index is -0.241. The summed E-state index contributed by atoms with van der Waals surface area (Å²) in [4.78, 5) is 26.4. The third-order valence-corrected chi connectivity index (χ3v) is 3.52. The van der Waals surface area contributed by atoms with Gasteiger partial charge in [0.2, 0.25) is 5.91 Å². The number of fused-ring (bicyclic) bond motifs is 1. The monoisotopic (exact) mass is 312 g/mol. The quantitative estimate of drug-likeness (QED) is 0.764. The average Bonchev–Trinajstić information content (AvgIpc) is 2.74. The van der Waals surface area contributed by atoms with Crippen LogP contribution in [0.5, 0.6) is 0 Å². The van der Waals surface area contributed by atoms with Crippen molar-refractivity contribution in [3.63, 3.8) is 0 Å². The molecule has 6 nitrogen and oxygen atoms in total. The number of rotatable bonds is 5. The largest absolute Gasteiger partial charge is 0.354 e. The van der Waals surface area contributed by atoms with Crippen molar-refractivity contribution in [2.24, 2.45) is 11.7 Å². The number of halogens is 1. The molecular formula is C14H21ClN4O2. The van der Waals surface area contributed by atoms with Gasteiger partial charge in [0, 0.05) is 25.0 Å². The smallest absolute Gasteiger partial charge is 0.326 e. The van der Waals surface area contributed by atoms with Gasteiger partial charge in [-0.2, -0.15) is 0 Å². The van der Waals surface area contributed by atoms with Gasteiger partial charge in [0.15, 0.2) is 0 Å². The van der Waals surface area contributed by atoms with E-state index < -0.39 is 0 Å². The third kappa shape index (κ3) is 3.86. The predicted octanol–water partition coefficient (Wildman–Crippen LogP) is 0.851. The molecule has 0 aliphatic carbocycles. The van der Waals surface area contributed by atoms with Gasteiger partial charge in [-0.05, 0) is 19.1 Å². The minimum absolute atomic E-state index is 0. The number of benzene rings is 1. The molecule has 0 aliphatic rings. The van der Waals surface area contributed by atoms with Gasteiger partial charge in [0.05, 0.1) is 11.0 Å². The van der Waals surface area contributed by atoms with Crippen molar-refractivity contribution in [2.75, 3.05) is 6.54 Å². The summed E-state index contributed by atoms with van der Waals surface area (Å²) in [7, 11) is 0. The van der Waals surface area contributed by atoms with Crippen molar-refractivity contribution in [1.82, 2.24) is 14.9 Å². The number of carbonyl (C=O) groups excluding carboxylic acids is 1. The van der Waals surface area contributed by atoms with Crippen molar-refractivity contribution in [3.05, 3.63) is 34.7 Å². The third-order valence-electron chi connectivity index (χ3n) is 3.52. The van der Waals surface area contributed by atoms with Gasteiger partial charge in [-0.25, -0.2) is 4.79 Å². The van der Waals surface area contributed by atoms with Crippen LogP contribution in [0.3, 0.4) is 0 Å². The Morgan fingerprint density at radius 3 is 2.71 bits per heavy atom. The first-order chi connectivity index (χ1) is 9.50. The Hall–Kier alpha value is -1.79. The number of hydrogen-bond acceptors (Lipinski definition) is 3. The number of hydrogen-bond donors (Lipinski definition) is 3. The zero-order chi connectivity index (χ0) is 14.7. The molecule has 0 saturated heterocycles. The van der Waals surface area contributed by atoms with Crippen LogP contribution in [0.1, 0.15) is 13.8 Å². The molecule has 1 heterocycles. The molecule has 2 aromatic rings. The average molecular weight is 313 g/mol. The van der Waals surface area contributed by atoms with Crippen molar-refractivity contribution in [1.29, 1.82) is 0 Å². The molecule has 116 valence electrons. The van der Waals surface area contributed by atoms with Crippen molar-refractivity contribution >= 4 is 29.3 Å². The van der Waals surface area contributed by atoms with Crippen LogP contribution < -0.4 is 16.7 Å². The van der Waals surface area contributed by atoms with E-state index in [1.165, 1.54) is 0 Å². The molecular weight excluding hydrogens is 292 g/mol. The van der Waals surface area contributed by atoms with E-state index >= 15 is 0 Å². The van der Waals surface area contributed by atoms with Crippen LogP contribution in [0, 0.1) is 5.92 Å². The number of nitrogens with zero attached hydrogens (tertiary/aromatic N) is 1. The van der Waals surface area contributed by atoms with Gasteiger partial charge >= 0.3 is 5.69 Å². The molecule has 1 aromatic carbocycles. The second-order valence-electron chi connectivity index (χ2n) is 5.04. The summed E-state index contributed by atoms with van der Waals surface area (Å²) >= 11 is 0. The Bertz CT molecular complexity index is 662. The SMILES string of the molecule is CC(N)C(C)C(=O)NCCn1c(=O)[nH]c2ccccc21.Cl. The summed E-state index contributed by atoms with van der Waals surface area (Å²) in [5.41, 5.74) is 7.15. The van der Waals surface area contributed by atoms with Gasteiger partial charge in [-0.3, -0.25) is 9.36 Å². The maximum absolute atomic E-state index is 11.8. The van der Waals surface area contributed by atoms with E-state index in [-0.39, 0.29) is 36.0 Å². The first-order valence-electron chi connectivity index (χ1n) is 6.71. The zero-order valence-corrected chi connectivity index (χ0v) is 12.9. The molecule has 0 bridgehead atoms. The molecule has 0 saturated carbocycles. The van der Waals surface area contributed by atoms with E-state index in [1.807, 2.05) is 24.3 Å². The number of para-hydroxylation sites is 2. The van der Waals surface area contributed by atoms with Gasteiger partial charge in [-0.15, -0.1) is 12.4 Å². The van der Waals surface area contributed by atoms with Crippen LogP contribution in [-0.2, 0) is 11.3 Å². The number of nitrogens with one attached hydrogen (secondary N) is 2. The van der Waals surface area contributed by atoms with Crippen molar-refractivity contribution in [3.8, 4) is 0 Å². The zero-order valence-electron chi connectivity index (χ0n) is 12.1. The predicted molar refractivity (Wildman–Crippen MR) is 85.6 cm³/mol. The number of H-pyrrole nitrogens is 1. The van der Waals surface area contributed by atoms with Gasteiger partial charge < -0.3 is 16.0 Å². The Kier molecular flexibility index (Phi) is 5.99. The van der Waals surface area contributed by atoms with E-state index in [2.05, 4.69) is 10.3 Å². The Morgan fingerprint density at radius 1 is 1.38 bits per heavy atom. The van der Waals surface area contributed by atoms with E-state index in [0.29, 0.717) is 13.1 Å². The summed E-state index contributed by atoms with van der Waals surface area (Å²) < 4.78 is 1.62. The Morgan fingerprint density at radius 2 is 2.05 bits per heavy atom. The molecule has 2 rings (SSSR count). The highest BCUT2D eigenvalue weighted by atomic mass is 35.5. The van der Waals surface area contributed by atoms with Crippen LogP contribution in [0.15, 0.2) is 29.1 Å². The Balaban J connectivity index is 0.00000220. The van der Waals surface area contributed by atoms with Gasteiger partial charge in [0.25, 0.3) is 0 Å². The van der Waals surface area contributed by atoms with Crippen molar-refractivity contribution in [2.45, 2.75) is 26.4 Å². The number of imidazole rings is 1. The molecule has 4 N–H and O–H groups in total. The first kappa shape index (κ1) is 17.3. The van der Waals surface area contributed by atoms with Crippen LogP contribution in [0.2, 0.25) is 0 Å². The highest BCUT2D eigenvalue weighted by molar-refractivity contribution is 5.85. The number of carbonyl (C=O) groups is 1. The molecule has 21 heavy (non-hydrogen) atoms. The molecule has 2 unspecified atom stereocenters. The second-order valence-corrected chi connectivity index (χ2v) is 5.04. The molecule has 0 fully saturated rings. The fourth-order valence-corrected chi connectivity index (χ4v) is 2.02. The van der Waals surface area contributed by atoms with Gasteiger partial charge in [0.1, 0.15) is 0 Å². The van der Waals surface area contributed by atoms with Crippen LogP contribution in [-0.4, -0.2) is 28.0 Å². The van der Waals surface area contributed by atoms with Crippen LogP contribution in [0.4, 0.5) is 0 Å². The highest BCUT2D eigenvalue weighted by Gasteiger charge is 2.16. The van der Waals surface area contributed by atoms with E-state index in [9.17, 15) is 9.59 Å². The summed E-state index contributed by atoms with van der Waals surface area (Å²) in [5.74, 6) is -0.331. The van der Waals surface area contributed by atoms with Crippen LogP contribution in [0.25, 0.3) is 11.0 Å². The number of nitrogens with two attached hydrogens (primary N) is 1. The van der Waals surface area contributed by atoms with Crippen molar-refractivity contribution < 1.29 is 4.79 Å². The summed E-state index contributed by atoms with van der Waals surface area (Å²) in [5, 5.41) is 2.80. The second kappa shape index (κ2) is 7.28.